The summed E-state index contributed by atoms with van der Waals surface area (Å²) in [4.78, 5) is 27.0. The average molecular weight is 363 g/mol. The molecule has 0 aliphatic carbocycles. The van der Waals surface area contributed by atoms with Crippen LogP contribution >= 0.6 is 0 Å². The molecule has 1 aliphatic rings. The lowest BCUT2D eigenvalue weighted by atomic mass is 10.0. The number of likely N-dealkylation sites (tertiary alicyclic amines) is 1. The Labute approximate surface area is 157 Å². The quantitative estimate of drug-likeness (QED) is 0.748. The summed E-state index contributed by atoms with van der Waals surface area (Å²) < 4.78 is 5.95. The van der Waals surface area contributed by atoms with Crippen LogP contribution in [0.1, 0.15) is 19.3 Å². The van der Waals surface area contributed by atoms with Crippen LogP contribution in [0.3, 0.4) is 0 Å². The molecule has 138 valence electrons. The molecule has 0 atom stereocenters. The molecule has 4 rings (SSSR count). The van der Waals surface area contributed by atoms with Crippen molar-refractivity contribution in [2.75, 3.05) is 25.0 Å². The van der Waals surface area contributed by atoms with Gasteiger partial charge in [0.25, 0.3) is 5.91 Å². The van der Waals surface area contributed by atoms with Crippen LogP contribution in [0.2, 0.25) is 0 Å². The van der Waals surface area contributed by atoms with Gasteiger partial charge in [0, 0.05) is 0 Å². The predicted molar refractivity (Wildman–Crippen MR) is 106 cm³/mol. The molecule has 5 nitrogen and oxygen atoms in total. The molecule has 1 aromatic heterocycles. The molecule has 1 saturated heterocycles. The van der Waals surface area contributed by atoms with Crippen molar-refractivity contribution in [3.63, 3.8) is 0 Å². The molecule has 0 unspecified atom stereocenters. The zero-order chi connectivity index (χ0) is 18.6. The van der Waals surface area contributed by atoms with Gasteiger partial charge in [-0.1, -0.05) is 42.5 Å². The van der Waals surface area contributed by atoms with Gasteiger partial charge in [-0.25, -0.2) is 0 Å². The van der Waals surface area contributed by atoms with Crippen molar-refractivity contribution >= 4 is 22.8 Å². The molecular weight excluding hydrogens is 340 g/mol. The smallest absolute Gasteiger partial charge is 0.281 e. The maximum atomic E-state index is 13.1. The van der Waals surface area contributed by atoms with Crippen LogP contribution in [0.25, 0.3) is 22.1 Å². The summed E-state index contributed by atoms with van der Waals surface area (Å²) in [6.45, 7) is 2.42. The van der Waals surface area contributed by atoms with Crippen molar-refractivity contribution in [2.24, 2.45) is 0 Å². The number of hydrogen-bond acceptors (Lipinski definition) is 3. The number of amides is 1. The van der Waals surface area contributed by atoms with Gasteiger partial charge in [-0.15, -0.1) is 0 Å². The van der Waals surface area contributed by atoms with E-state index in [0.717, 1.165) is 31.5 Å². The summed E-state index contributed by atoms with van der Waals surface area (Å²) in [6.07, 6.45) is 3.55. The van der Waals surface area contributed by atoms with Gasteiger partial charge in [-0.2, -0.15) is 0 Å². The minimum atomic E-state index is -0.135. The number of benzene rings is 2. The zero-order valence-corrected chi connectivity index (χ0v) is 15.2. The van der Waals surface area contributed by atoms with Crippen molar-refractivity contribution in [3.05, 3.63) is 64.8 Å². The molecule has 5 heteroatoms. The Hall–Kier alpha value is -2.92. The molecule has 0 spiro atoms. The third kappa shape index (κ3) is 3.78. The Morgan fingerprint density at radius 1 is 0.963 bits per heavy atom. The molecule has 1 aliphatic heterocycles. The molecule has 2 N–H and O–H groups in total. The molecule has 2 aromatic carbocycles. The highest BCUT2D eigenvalue weighted by atomic mass is 16.4. The lowest BCUT2D eigenvalue weighted by Gasteiger charge is -2.22. The van der Waals surface area contributed by atoms with Crippen molar-refractivity contribution in [2.45, 2.75) is 19.3 Å². The Kier molecular flexibility index (Phi) is 5.03. The van der Waals surface area contributed by atoms with E-state index in [9.17, 15) is 9.59 Å². The molecular formula is C22H23N2O3+. The van der Waals surface area contributed by atoms with Gasteiger partial charge < -0.3 is 9.32 Å². The van der Waals surface area contributed by atoms with E-state index < -0.39 is 0 Å². The summed E-state index contributed by atoms with van der Waals surface area (Å²) in [5.41, 5.74) is 1.47. The highest BCUT2D eigenvalue weighted by molar-refractivity contribution is 5.96. The number of hydrogen-bond donors (Lipinski definition) is 2. The first-order valence-corrected chi connectivity index (χ1v) is 9.47. The molecule has 3 aromatic rings. The molecule has 1 amide bonds. The van der Waals surface area contributed by atoms with Gasteiger partial charge >= 0.3 is 0 Å². The summed E-state index contributed by atoms with van der Waals surface area (Å²) >= 11 is 0. The van der Waals surface area contributed by atoms with Crippen molar-refractivity contribution < 1.29 is 14.1 Å². The number of fused-ring (bicyclic) bond motifs is 1. The molecule has 0 bridgehead atoms. The van der Waals surface area contributed by atoms with Crippen LogP contribution in [0.15, 0.2) is 63.8 Å². The zero-order valence-electron chi connectivity index (χ0n) is 15.2. The van der Waals surface area contributed by atoms with Gasteiger partial charge in [0.1, 0.15) is 5.58 Å². The Bertz CT molecular complexity index is 1000. The molecule has 2 heterocycles. The monoisotopic (exact) mass is 363 g/mol. The van der Waals surface area contributed by atoms with Gasteiger partial charge in [0.2, 0.25) is 11.3 Å². The number of para-hydroxylation sites is 1. The van der Waals surface area contributed by atoms with Crippen LogP contribution in [0.4, 0.5) is 5.88 Å². The number of nitrogens with one attached hydrogen (secondary N) is 2. The summed E-state index contributed by atoms with van der Waals surface area (Å²) in [7, 11) is 0. The third-order valence-corrected chi connectivity index (χ3v) is 5.08. The average Bonchev–Trinajstić information content (AvgIpc) is 2.69. The van der Waals surface area contributed by atoms with Gasteiger partial charge in [-0.05, 0) is 37.0 Å². The van der Waals surface area contributed by atoms with E-state index in [4.69, 9.17) is 4.42 Å². The fourth-order valence-electron chi connectivity index (χ4n) is 3.72. The number of anilines is 1. The largest absolute Gasteiger partial charge is 0.439 e. The van der Waals surface area contributed by atoms with E-state index in [2.05, 4.69) is 5.32 Å². The highest BCUT2D eigenvalue weighted by Crippen LogP contribution is 2.28. The Morgan fingerprint density at radius 3 is 2.44 bits per heavy atom. The van der Waals surface area contributed by atoms with E-state index >= 15 is 0 Å². The van der Waals surface area contributed by atoms with Gasteiger partial charge in [-0.3, -0.25) is 14.9 Å². The normalized spacial score (nSPS) is 15.0. The molecule has 0 radical (unpaired) electrons. The van der Waals surface area contributed by atoms with Crippen molar-refractivity contribution in [1.29, 1.82) is 0 Å². The summed E-state index contributed by atoms with van der Waals surface area (Å²) in [6, 6.07) is 16.5. The van der Waals surface area contributed by atoms with E-state index in [1.807, 2.05) is 42.5 Å². The number of carbonyl (C=O) groups excluding carboxylic acids is 1. The predicted octanol–water partition coefficient (Wildman–Crippen LogP) is 2.47. The molecule has 27 heavy (non-hydrogen) atoms. The van der Waals surface area contributed by atoms with E-state index in [1.165, 1.54) is 11.3 Å². The van der Waals surface area contributed by atoms with Crippen LogP contribution in [-0.2, 0) is 4.79 Å². The van der Waals surface area contributed by atoms with Crippen molar-refractivity contribution in [3.8, 4) is 11.1 Å². The minimum Gasteiger partial charge on any atom is -0.439 e. The minimum absolute atomic E-state index is 0.123. The first kappa shape index (κ1) is 17.5. The lowest BCUT2D eigenvalue weighted by molar-refractivity contribution is -0.896. The molecule has 1 fully saturated rings. The fourth-order valence-corrected chi connectivity index (χ4v) is 3.72. The van der Waals surface area contributed by atoms with Crippen LogP contribution in [0.5, 0.6) is 0 Å². The Morgan fingerprint density at radius 2 is 1.67 bits per heavy atom. The number of piperidine rings is 1. The molecule has 0 saturated carbocycles. The van der Waals surface area contributed by atoms with Crippen LogP contribution in [0, 0.1) is 0 Å². The number of rotatable bonds is 4. The first-order chi connectivity index (χ1) is 13.2. The lowest BCUT2D eigenvalue weighted by Crippen LogP contribution is -3.13. The summed E-state index contributed by atoms with van der Waals surface area (Å²) in [5, 5.41) is 3.37. The van der Waals surface area contributed by atoms with Crippen LogP contribution in [-0.4, -0.2) is 25.5 Å². The van der Waals surface area contributed by atoms with Crippen LogP contribution < -0.4 is 15.6 Å². The second-order valence-electron chi connectivity index (χ2n) is 7.03. The first-order valence-electron chi connectivity index (χ1n) is 9.47. The van der Waals surface area contributed by atoms with Gasteiger partial charge in [0.05, 0.1) is 24.0 Å². The SMILES string of the molecule is O=C(C[NH+]1CCCCC1)Nc1oc2ccccc2c(=O)c1-c1ccccc1. The second kappa shape index (κ2) is 7.76. The van der Waals surface area contributed by atoms with E-state index in [-0.39, 0.29) is 17.2 Å². The third-order valence-electron chi connectivity index (χ3n) is 5.08. The van der Waals surface area contributed by atoms with Gasteiger partial charge in [0.15, 0.2) is 6.54 Å². The maximum absolute atomic E-state index is 13.1. The highest BCUT2D eigenvalue weighted by Gasteiger charge is 2.21. The fraction of sp³-hybridized carbons (Fsp3) is 0.273. The maximum Gasteiger partial charge on any atom is 0.281 e. The standard InChI is InChI=1S/C22H22N2O3/c25-19(15-24-13-7-2-8-14-24)23-22-20(16-9-3-1-4-10-16)21(26)17-11-5-6-12-18(17)27-22/h1,3-6,9-12H,2,7-8,13-15H2,(H,23,25)/p+1. The second-order valence-corrected chi connectivity index (χ2v) is 7.03. The van der Waals surface area contributed by atoms with E-state index in [1.54, 1.807) is 12.1 Å². The van der Waals surface area contributed by atoms with E-state index in [0.29, 0.717) is 23.1 Å². The Balaban J connectivity index is 1.72. The number of carbonyl (C=O) groups is 1. The number of quaternary nitrogens is 1. The topological polar surface area (TPSA) is 63.8 Å². The summed E-state index contributed by atoms with van der Waals surface area (Å²) in [5.74, 6) is 0.105. The van der Waals surface area contributed by atoms with Crippen molar-refractivity contribution in [1.82, 2.24) is 0 Å².